The molecule has 4 bridgehead atoms. The van der Waals surface area contributed by atoms with Crippen LogP contribution in [0.2, 0.25) is 0 Å². The first kappa shape index (κ1) is 11.7. The second kappa shape index (κ2) is 3.73. The number of fused-ring (bicyclic) bond motifs is 8. The third kappa shape index (κ3) is 1.45. The van der Waals surface area contributed by atoms with Crippen LogP contribution in [0.15, 0.2) is 35.9 Å². The smallest absolute Gasteiger partial charge is 0.0868 e. The first-order valence-electron chi connectivity index (χ1n) is 7.49. The summed E-state index contributed by atoms with van der Waals surface area (Å²) in [6.07, 6.45) is 5.41. The highest BCUT2D eigenvalue weighted by molar-refractivity contribution is 5.36. The highest BCUT2D eigenvalue weighted by Gasteiger charge is 2.54. The van der Waals surface area contributed by atoms with Crippen LogP contribution in [0.3, 0.4) is 0 Å². The molecule has 0 radical (unpaired) electrons. The van der Waals surface area contributed by atoms with E-state index < -0.39 is 0 Å². The van der Waals surface area contributed by atoms with E-state index in [9.17, 15) is 0 Å². The Labute approximate surface area is 115 Å². The quantitative estimate of drug-likeness (QED) is 0.627. The third-order valence-corrected chi connectivity index (χ3v) is 5.78. The summed E-state index contributed by atoms with van der Waals surface area (Å²) in [4.78, 5) is 0. The van der Waals surface area contributed by atoms with Crippen molar-refractivity contribution in [2.45, 2.75) is 45.8 Å². The number of benzene rings is 1. The zero-order valence-corrected chi connectivity index (χ0v) is 12.0. The van der Waals surface area contributed by atoms with Gasteiger partial charge in [-0.2, -0.15) is 0 Å². The topological polar surface area (TPSA) is 9.23 Å². The highest BCUT2D eigenvalue weighted by Crippen LogP contribution is 2.59. The summed E-state index contributed by atoms with van der Waals surface area (Å²) in [7, 11) is 0. The molecule has 1 heteroatoms. The monoisotopic (exact) mass is 254 g/mol. The molecule has 4 atom stereocenters. The van der Waals surface area contributed by atoms with Gasteiger partial charge in [-0.25, -0.2) is 0 Å². The number of allylic oxidation sites excluding steroid dienone is 1. The van der Waals surface area contributed by atoms with Crippen LogP contribution >= 0.6 is 0 Å². The van der Waals surface area contributed by atoms with Gasteiger partial charge in [-0.05, 0) is 42.2 Å². The lowest BCUT2D eigenvalue weighted by molar-refractivity contribution is -0.181. The van der Waals surface area contributed by atoms with Crippen molar-refractivity contribution < 1.29 is 4.74 Å². The van der Waals surface area contributed by atoms with Crippen LogP contribution in [0.1, 0.15) is 44.4 Å². The van der Waals surface area contributed by atoms with E-state index in [1.54, 1.807) is 5.57 Å². The van der Waals surface area contributed by atoms with Gasteiger partial charge in [0, 0.05) is 5.92 Å². The summed E-state index contributed by atoms with van der Waals surface area (Å²) in [5.74, 6) is 1.22. The zero-order valence-electron chi connectivity index (χ0n) is 12.0. The van der Waals surface area contributed by atoms with Gasteiger partial charge < -0.3 is 4.74 Å². The average Bonchev–Trinajstić information content (AvgIpc) is 2.36. The van der Waals surface area contributed by atoms with Crippen molar-refractivity contribution in [2.75, 3.05) is 0 Å². The van der Waals surface area contributed by atoms with Crippen molar-refractivity contribution in [2.24, 2.45) is 17.3 Å². The fourth-order valence-electron chi connectivity index (χ4n) is 4.88. The Hall–Kier alpha value is -1.08. The van der Waals surface area contributed by atoms with Gasteiger partial charge in [-0.15, -0.1) is 0 Å². The number of rotatable bonds is 0. The van der Waals surface area contributed by atoms with E-state index in [-0.39, 0.29) is 0 Å². The molecule has 1 aromatic carbocycles. The van der Waals surface area contributed by atoms with Crippen LogP contribution in [0.25, 0.3) is 0 Å². The maximum Gasteiger partial charge on any atom is 0.0868 e. The highest BCUT2D eigenvalue weighted by atomic mass is 16.5. The van der Waals surface area contributed by atoms with Crippen molar-refractivity contribution >= 4 is 0 Å². The minimum Gasteiger partial charge on any atom is -0.369 e. The molecule has 1 saturated heterocycles. The predicted molar refractivity (Wildman–Crippen MR) is 76.9 cm³/mol. The van der Waals surface area contributed by atoms with Crippen LogP contribution in [-0.4, -0.2) is 6.10 Å². The minimum absolute atomic E-state index is 0.311. The van der Waals surface area contributed by atoms with Crippen LogP contribution in [0.5, 0.6) is 0 Å². The molecular weight excluding hydrogens is 232 g/mol. The Bertz CT molecular complexity index is 555. The molecule has 2 heterocycles. The summed E-state index contributed by atoms with van der Waals surface area (Å²) >= 11 is 0. The molecule has 0 amide bonds. The van der Waals surface area contributed by atoms with Gasteiger partial charge >= 0.3 is 0 Å². The molecule has 0 N–H and O–H groups in total. The first-order chi connectivity index (χ1) is 9.09. The number of hydrogen-bond donors (Lipinski definition) is 0. The van der Waals surface area contributed by atoms with Gasteiger partial charge in [-0.3, -0.25) is 0 Å². The van der Waals surface area contributed by atoms with Gasteiger partial charge in [0.15, 0.2) is 0 Å². The van der Waals surface area contributed by atoms with E-state index in [1.165, 1.54) is 17.5 Å². The first-order valence-corrected chi connectivity index (χ1v) is 7.49. The van der Waals surface area contributed by atoms with Crippen molar-refractivity contribution in [3.63, 3.8) is 0 Å². The maximum atomic E-state index is 6.48. The van der Waals surface area contributed by atoms with E-state index in [0.29, 0.717) is 29.5 Å². The molecule has 1 nitrogen and oxygen atoms in total. The predicted octanol–water partition coefficient (Wildman–Crippen LogP) is 4.29. The molecule has 1 aliphatic carbocycles. The van der Waals surface area contributed by atoms with Crippen molar-refractivity contribution in [3.05, 3.63) is 47.0 Å². The number of ether oxygens (including phenoxy) is 1. The summed E-state index contributed by atoms with van der Waals surface area (Å²) in [6, 6.07) is 8.90. The van der Waals surface area contributed by atoms with Crippen molar-refractivity contribution in [3.8, 4) is 0 Å². The Balaban J connectivity index is 1.89. The normalized spacial score (nSPS) is 38.4. The standard InChI is InChI=1S/C18H22O/c1-11-8-9-14-17-13-7-5-4-6-12(13)10-15(19-17)16(11)18(14,2)3/h4-8,14-17H,9-10H2,1-3H3/t14-,15+,16+,17-/m0/s1. The molecule has 1 aromatic rings. The van der Waals surface area contributed by atoms with Crippen LogP contribution in [0, 0.1) is 17.3 Å². The number of hydrogen-bond acceptors (Lipinski definition) is 1. The molecule has 0 unspecified atom stereocenters. The summed E-state index contributed by atoms with van der Waals surface area (Å²) in [5.41, 5.74) is 4.87. The van der Waals surface area contributed by atoms with Gasteiger partial charge in [0.1, 0.15) is 0 Å². The minimum atomic E-state index is 0.311. The molecule has 4 rings (SSSR count). The van der Waals surface area contributed by atoms with Gasteiger partial charge in [0.05, 0.1) is 12.2 Å². The van der Waals surface area contributed by atoms with Crippen LogP contribution in [0.4, 0.5) is 0 Å². The van der Waals surface area contributed by atoms with Gasteiger partial charge in [0.25, 0.3) is 0 Å². The van der Waals surface area contributed by atoms with E-state index >= 15 is 0 Å². The molecule has 100 valence electrons. The Kier molecular flexibility index (Phi) is 2.30. The lowest BCUT2D eigenvalue weighted by atomic mass is 9.54. The Morgan fingerprint density at radius 1 is 1.21 bits per heavy atom. The van der Waals surface area contributed by atoms with Crippen molar-refractivity contribution in [1.29, 1.82) is 0 Å². The summed E-state index contributed by atoms with van der Waals surface area (Å²) < 4.78 is 6.48. The lowest BCUT2D eigenvalue weighted by Crippen LogP contribution is -2.54. The van der Waals surface area contributed by atoms with Crippen LogP contribution in [-0.2, 0) is 11.2 Å². The average molecular weight is 254 g/mol. The van der Waals surface area contributed by atoms with Gasteiger partial charge in [-0.1, -0.05) is 49.8 Å². The van der Waals surface area contributed by atoms with Crippen molar-refractivity contribution in [1.82, 2.24) is 0 Å². The molecule has 0 aromatic heterocycles. The van der Waals surface area contributed by atoms with E-state index in [0.717, 1.165) is 6.42 Å². The maximum absolute atomic E-state index is 6.48. The fourth-order valence-corrected chi connectivity index (χ4v) is 4.88. The van der Waals surface area contributed by atoms with Gasteiger partial charge in [0.2, 0.25) is 0 Å². The summed E-state index contributed by atoms with van der Waals surface area (Å²) in [6.45, 7) is 7.21. The molecule has 3 aliphatic rings. The fraction of sp³-hybridized carbons (Fsp3) is 0.556. The lowest BCUT2D eigenvalue weighted by Gasteiger charge is -2.57. The molecular formula is C18H22O. The second-order valence-electron chi connectivity index (χ2n) is 7.09. The summed E-state index contributed by atoms with van der Waals surface area (Å²) in [5, 5.41) is 0. The molecule has 1 fully saturated rings. The largest absolute Gasteiger partial charge is 0.369 e. The molecule has 19 heavy (non-hydrogen) atoms. The Morgan fingerprint density at radius 2 is 2.00 bits per heavy atom. The molecule has 2 aliphatic heterocycles. The molecule has 0 saturated carbocycles. The second-order valence-corrected chi connectivity index (χ2v) is 7.09. The Morgan fingerprint density at radius 3 is 2.84 bits per heavy atom. The van der Waals surface area contributed by atoms with E-state index in [4.69, 9.17) is 4.74 Å². The molecule has 0 spiro atoms. The van der Waals surface area contributed by atoms with E-state index in [2.05, 4.69) is 51.1 Å². The SMILES string of the molecule is CC1=CC[C@H]2[C@H]3O[C@H](Cc4ccccc43)[C@@H]1C2(C)C. The van der Waals surface area contributed by atoms with E-state index in [1.807, 2.05) is 0 Å². The third-order valence-electron chi connectivity index (χ3n) is 5.78. The zero-order chi connectivity index (χ0) is 13.2. The van der Waals surface area contributed by atoms with Crippen LogP contribution < -0.4 is 0 Å².